The van der Waals surface area contributed by atoms with Crippen molar-refractivity contribution in [2.75, 3.05) is 19.6 Å². The molecule has 1 unspecified atom stereocenters. The first-order valence-electron chi connectivity index (χ1n) is 6.31. The number of hydrogen-bond donors (Lipinski definition) is 1. The fourth-order valence-electron chi connectivity index (χ4n) is 2.63. The SMILES string of the molecule is Br.CCCN1CCCC(c2cccc(O)c2)C1. The van der Waals surface area contributed by atoms with Gasteiger partial charge in [0.2, 0.25) is 0 Å². The summed E-state index contributed by atoms with van der Waals surface area (Å²) in [4.78, 5) is 2.54. The van der Waals surface area contributed by atoms with Gasteiger partial charge in [-0.1, -0.05) is 19.1 Å². The van der Waals surface area contributed by atoms with Crippen LogP contribution in [0.4, 0.5) is 0 Å². The van der Waals surface area contributed by atoms with E-state index in [-0.39, 0.29) is 17.0 Å². The molecule has 0 aromatic heterocycles. The monoisotopic (exact) mass is 299 g/mol. The van der Waals surface area contributed by atoms with Crippen molar-refractivity contribution in [3.8, 4) is 5.75 Å². The Morgan fingerprint density at radius 1 is 1.41 bits per heavy atom. The van der Waals surface area contributed by atoms with Gasteiger partial charge in [0.25, 0.3) is 0 Å². The van der Waals surface area contributed by atoms with Crippen LogP contribution < -0.4 is 0 Å². The molecule has 1 saturated heterocycles. The molecule has 1 atom stereocenters. The maximum absolute atomic E-state index is 9.50. The molecule has 0 saturated carbocycles. The molecule has 96 valence electrons. The number of rotatable bonds is 3. The zero-order chi connectivity index (χ0) is 11.4. The fourth-order valence-corrected chi connectivity index (χ4v) is 2.63. The van der Waals surface area contributed by atoms with Crippen LogP contribution in [-0.2, 0) is 0 Å². The average Bonchev–Trinajstić information content (AvgIpc) is 2.30. The summed E-state index contributed by atoms with van der Waals surface area (Å²) in [5.41, 5.74) is 1.29. The maximum Gasteiger partial charge on any atom is 0.115 e. The summed E-state index contributed by atoms with van der Waals surface area (Å²) < 4.78 is 0. The third-order valence-corrected chi connectivity index (χ3v) is 3.39. The second-order valence-corrected chi connectivity index (χ2v) is 4.73. The Bertz CT molecular complexity index is 341. The zero-order valence-corrected chi connectivity index (χ0v) is 12.1. The second-order valence-electron chi connectivity index (χ2n) is 4.73. The van der Waals surface area contributed by atoms with Crippen molar-refractivity contribution in [1.29, 1.82) is 0 Å². The molecule has 1 aliphatic rings. The van der Waals surface area contributed by atoms with Crippen LogP contribution in [-0.4, -0.2) is 29.6 Å². The van der Waals surface area contributed by atoms with Gasteiger partial charge in [-0.3, -0.25) is 0 Å². The number of phenolic OH excluding ortho intramolecular Hbond substituents is 1. The van der Waals surface area contributed by atoms with Crippen LogP contribution in [0.3, 0.4) is 0 Å². The number of phenols is 1. The van der Waals surface area contributed by atoms with Crippen molar-refractivity contribution < 1.29 is 5.11 Å². The Morgan fingerprint density at radius 2 is 2.24 bits per heavy atom. The highest BCUT2D eigenvalue weighted by Crippen LogP contribution is 2.28. The Labute approximate surface area is 114 Å². The predicted molar refractivity (Wildman–Crippen MR) is 77.1 cm³/mol. The molecule has 0 radical (unpaired) electrons. The number of halogens is 1. The van der Waals surface area contributed by atoms with Gasteiger partial charge in [0.15, 0.2) is 0 Å². The van der Waals surface area contributed by atoms with Gasteiger partial charge in [-0.25, -0.2) is 0 Å². The molecule has 1 aliphatic heterocycles. The Hall–Kier alpha value is -0.540. The second kappa shape index (κ2) is 7.02. The summed E-state index contributed by atoms with van der Waals surface area (Å²) in [6, 6.07) is 7.75. The van der Waals surface area contributed by atoms with Gasteiger partial charge < -0.3 is 10.0 Å². The van der Waals surface area contributed by atoms with Crippen LogP contribution in [0, 0.1) is 0 Å². The van der Waals surface area contributed by atoms with E-state index in [1.54, 1.807) is 6.07 Å². The summed E-state index contributed by atoms with van der Waals surface area (Å²) in [6.07, 6.45) is 3.76. The van der Waals surface area contributed by atoms with Crippen molar-refractivity contribution in [3.63, 3.8) is 0 Å². The van der Waals surface area contributed by atoms with Gasteiger partial charge in [0, 0.05) is 6.54 Å². The summed E-state index contributed by atoms with van der Waals surface area (Å²) in [6.45, 7) is 5.83. The summed E-state index contributed by atoms with van der Waals surface area (Å²) in [5, 5.41) is 9.50. The lowest BCUT2D eigenvalue weighted by atomic mass is 9.90. The molecule has 0 bridgehead atoms. The van der Waals surface area contributed by atoms with Crippen LogP contribution in [0.1, 0.15) is 37.7 Å². The van der Waals surface area contributed by atoms with Gasteiger partial charge in [-0.05, 0) is 56.0 Å². The number of aromatic hydroxyl groups is 1. The number of likely N-dealkylation sites (tertiary alicyclic amines) is 1. The van der Waals surface area contributed by atoms with E-state index >= 15 is 0 Å². The summed E-state index contributed by atoms with van der Waals surface area (Å²) in [5.74, 6) is 0.998. The van der Waals surface area contributed by atoms with Gasteiger partial charge in [-0.15, -0.1) is 17.0 Å². The molecule has 17 heavy (non-hydrogen) atoms. The van der Waals surface area contributed by atoms with Gasteiger partial charge in [0.05, 0.1) is 0 Å². The van der Waals surface area contributed by atoms with Gasteiger partial charge in [0.1, 0.15) is 5.75 Å². The first-order valence-corrected chi connectivity index (χ1v) is 6.31. The van der Waals surface area contributed by atoms with Crippen molar-refractivity contribution in [2.24, 2.45) is 0 Å². The normalized spacial score (nSPS) is 20.9. The number of hydrogen-bond acceptors (Lipinski definition) is 2. The standard InChI is InChI=1S/C14H21NO.BrH/c1-2-8-15-9-4-6-13(11-15)12-5-3-7-14(16)10-12;/h3,5,7,10,13,16H,2,4,6,8-9,11H2,1H3;1H. The average molecular weight is 300 g/mol. The molecule has 2 nitrogen and oxygen atoms in total. The quantitative estimate of drug-likeness (QED) is 0.922. The highest BCUT2D eigenvalue weighted by atomic mass is 79.9. The van der Waals surface area contributed by atoms with E-state index in [4.69, 9.17) is 0 Å². The first kappa shape index (κ1) is 14.5. The van der Waals surface area contributed by atoms with Crippen molar-refractivity contribution in [3.05, 3.63) is 29.8 Å². The highest BCUT2D eigenvalue weighted by Gasteiger charge is 2.20. The number of benzene rings is 1. The fraction of sp³-hybridized carbons (Fsp3) is 0.571. The lowest BCUT2D eigenvalue weighted by Gasteiger charge is -2.32. The molecular weight excluding hydrogens is 278 g/mol. The largest absolute Gasteiger partial charge is 0.508 e. The molecular formula is C14H22BrNO. The van der Waals surface area contributed by atoms with E-state index in [1.165, 1.54) is 37.9 Å². The molecule has 1 N–H and O–H groups in total. The van der Waals surface area contributed by atoms with Gasteiger partial charge in [-0.2, -0.15) is 0 Å². The van der Waals surface area contributed by atoms with E-state index in [2.05, 4.69) is 17.9 Å². The maximum atomic E-state index is 9.50. The van der Waals surface area contributed by atoms with Gasteiger partial charge >= 0.3 is 0 Å². The minimum absolute atomic E-state index is 0. The van der Waals surface area contributed by atoms with Crippen LogP contribution in [0.15, 0.2) is 24.3 Å². The molecule has 0 aliphatic carbocycles. The van der Waals surface area contributed by atoms with Crippen LogP contribution in [0.25, 0.3) is 0 Å². The molecule has 2 rings (SSSR count). The molecule has 3 heteroatoms. The molecule has 1 heterocycles. The van der Waals surface area contributed by atoms with Crippen molar-refractivity contribution >= 4 is 17.0 Å². The minimum atomic E-state index is 0. The number of piperidine rings is 1. The van der Waals surface area contributed by atoms with Crippen LogP contribution in [0.5, 0.6) is 5.75 Å². The zero-order valence-electron chi connectivity index (χ0n) is 10.4. The summed E-state index contributed by atoms with van der Waals surface area (Å²) >= 11 is 0. The topological polar surface area (TPSA) is 23.5 Å². The van der Waals surface area contributed by atoms with E-state index in [0.717, 1.165) is 6.54 Å². The summed E-state index contributed by atoms with van der Waals surface area (Å²) in [7, 11) is 0. The molecule has 0 spiro atoms. The Balaban J connectivity index is 0.00000144. The molecule has 1 fully saturated rings. The Kier molecular flexibility index (Phi) is 6.00. The van der Waals surface area contributed by atoms with E-state index < -0.39 is 0 Å². The van der Waals surface area contributed by atoms with Crippen molar-refractivity contribution in [2.45, 2.75) is 32.1 Å². The third kappa shape index (κ3) is 4.00. The van der Waals surface area contributed by atoms with E-state index in [0.29, 0.717) is 11.7 Å². The van der Waals surface area contributed by atoms with E-state index in [1.807, 2.05) is 12.1 Å². The molecule has 0 amide bonds. The Morgan fingerprint density at radius 3 is 2.94 bits per heavy atom. The van der Waals surface area contributed by atoms with Crippen molar-refractivity contribution in [1.82, 2.24) is 4.90 Å². The van der Waals surface area contributed by atoms with Crippen LogP contribution >= 0.6 is 17.0 Å². The number of nitrogens with zero attached hydrogens (tertiary/aromatic N) is 1. The smallest absolute Gasteiger partial charge is 0.115 e. The molecule has 1 aromatic rings. The lowest BCUT2D eigenvalue weighted by molar-refractivity contribution is 0.208. The van der Waals surface area contributed by atoms with Crippen LogP contribution in [0.2, 0.25) is 0 Å². The molecule has 1 aromatic carbocycles. The van der Waals surface area contributed by atoms with E-state index in [9.17, 15) is 5.11 Å². The third-order valence-electron chi connectivity index (χ3n) is 3.39. The first-order chi connectivity index (χ1) is 7.79. The lowest BCUT2D eigenvalue weighted by Crippen LogP contribution is -2.34. The highest BCUT2D eigenvalue weighted by molar-refractivity contribution is 8.93. The minimum Gasteiger partial charge on any atom is -0.508 e. The predicted octanol–water partition coefficient (Wildman–Crippen LogP) is 3.56.